The van der Waals surface area contributed by atoms with Gasteiger partial charge in [0.15, 0.2) is 0 Å². The highest BCUT2D eigenvalue weighted by Crippen LogP contribution is 2.20. The molecule has 2 aromatic rings. The van der Waals surface area contributed by atoms with E-state index in [1.54, 1.807) is 30.3 Å². The van der Waals surface area contributed by atoms with E-state index in [2.05, 4.69) is 10.6 Å². The lowest BCUT2D eigenvalue weighted by molar-refractivity contribution is 0.170. The van der Waals surface area contributed by atoms with E-state index in [0.717, 1.165) is 0 Å². The van der Waals surface area contributed by atoms with Crippen molar-refractivity contribution in [1.82, 2.24) is 5.32 Å². The summed E-state index contributed by atoms with van der Waals surface area (Å²) in [6.45, 7) is -0.114. The maximum atomic E-state index is 13.5. The van der Waals surface area contributed by atoms with Gasteiger partial charge in [-0.2, -0.15) is 0 Å². The van der Waals surface area contributed by atoms with Gasteiger partial charge >= 0.3 is 6.03 Å². The zero-order chi connectivity index (χ0) is 15.2. The Morgan fingerprint density at radius 1 is 1.19 bits per heavy atom. The van der Waals surface area contributed by atoms with Gasteiger partial charge < -0.3 is 15.7 Å². The number of nitrogens with one attached hydrogen (secondary N) is 2. The number of urea groups is 1. The van der Waals surface area contributed by atoms with Gasteiger partial charge in [0.05, 0.1) is 16.8 Å². The van der Waals surface area contributed by atoms with Crippen LogP contribution >= 0.6 is 11.6 Å². The van der Waals surface area contributed by atoms with E-state index in [4.69, 9.17) is 11.6 Å². The molecule has 0 aliphatic rings. The van der Waals surface area contributed by atoms with Crippen LogP contribution in [-0.2, 0) is 0 Å². The Bertz CT molecular complexity index is 637. The fourth-order valence-electron chi connectivity index (χ4n) is 1.77. The van der Waals surface area contributed by atoms with E-state index in [1.807, 2.05) is 0 Å². The summed E-state index contributed by atoms with van der Waals surface area (Å²) in [6, 6.07) is 12.1. The molecular formula is C15H14ClFN2O2. The number of rotatable bonds is 4. The van der Waals surface area contributed by atoms with Crippen LogP contribution in [0.25, 0.3) is 0 Å². The summed E-state index contributed by atoms with van der Waals surface area (Å²) in [5.41, 5.74) is 0.590. The minimum Gasteiger partial charge on any atom is -0.386 e. The van der Waals surface area contributed by atoms with Crippen molar-refractivity contribution in [2.24, 2.45) is 0 Å². The van der Waals surface area contributed by atoms with Gasteiger partial charge in [-0.25, -0.2) is 9.18 Å². The molecule has 0 heterocycles. The van der Waals surface area contributed by atoms with E-state index in [0.29, 0.717) is 10.7 Å². The van der Waals surface area contributed by atoms with Gasteiger partial charge in [0, 0.05) is 12.1 Å². The second kappa shape index (κ2) is 7.06. The third kappa shape index (κ3) is 4.18. The zero-order valence-electron chi connectivity index (χ0n) is 11.0. The molecule has 3 N–H and O–H groups in total. The molecule has 0 unspecified atom stereocenters. The molecule has 1 atom stereocenters. The van der Waals surface area contributed by atoms with Crippen LogP contribution in [0.2, 0.25) is 5.02 Å². The van der Waals surface area contributed by atoms with E-state index in [9.17, 15) is 14.3 Å². The van der Waals surface area contributed by atoms with Crippen molar-refractivity contribution in [3.05, 3.63) is 64.9 Å². The van der Waals surface area contributed by atoms with Gasteiger partial charge in [-0.15, -0.1) is 0 Å². The second-order valence-electron chi connectivity index (χ2n) is 4.35. The Kier molecular flexibility index (Phi) is 5.14. The molecule has 0 radical (unpaired) electrons. The summed E-state index contributed by atoms with van der Waals surface area (Å²) in [6.07, 6.45) is -1.12. The minimum absolute atomic E-state index is 0.114. The lowest BCUT2D eigenvalue weighted by Gasteiger charge is -2.14. The molecule has 0 spiro atoms. The van der Waals surface area contributed by atoms with Crippen LogP contribution in [0.1, 0.15) is 11.7 Å². The molecule has 21 heavy (non-hydrogen) atoms. The molecule has 0 aliphatic heterocycles. The Hall–Kier alpha value is -2.11. The van der Waals surface area contributed by atoms with Crippen molar-refractivity contribution >= 4 is 23.3 Å². The van der Waals surface area contributed by atoms with Crippen LogP contribution in [0.15, 0.2) is 48.5 Å². The van der Waals surface area contributed by atoms with Crippen molar-refractivity contribution in [2.45, 2.75) is 6.10 Å². The van der Waals surface area contributed by atoms with Crippen LogP contribution in [0.3, 0.4) is 0 Å². The smallest absolute Gasteiger partial charge is 0.319 e. The third-order valence-corrected chi connectivity index (χ3v) is 3.17. The molecule has 0 fully saturated rings. The number of para-hydroxylation sites is 1. The first-order valence-corrected chi connectivity index (χ1v) is 6.67. The topological polar surface area (TPSA) is 61.4 Å². The Labute approximate surface area is 126 Å². The molecule has 6 heteroatoms. The first kappa shape index (κ1) is 15.3. The van der Waals surface area contributed by atoms with Crippen molar-refractivity contribution in [3.8, 4) is 0 Å². The number of benzene rings is 2. The fourth-order valence-corrected chi connectivity index (χ4v) is 1.96. The third-order valence-electron chi connectivity index (χ3n) is 2.84. The number of aliphatic hydroxyl groups excluding tert-OH is 1. The number of hydrogen-bond acceptors (Lipinski definition) is 2. The molecule has 0 aliphatic carbocycles. The fraction of sp³-hybridized carbons (Fsp3) is 0.133. The molecule has 2 amide bonds. The van der Waals surface area contributed by atoms with Gasteiger partial charge in [0.2, 0.25) is 0 Å². The normalized spacial score (nSPS) is 11.8. The summed E-state index contributed by atoms with van der Waals surface area (Å²) < 4.78 is 13.5. The molecule has 2 aromatic carbocycles. The van der Waals surface area contributed by atoms with E-state index in [-0.39, 0.29) is 12.1 Å². The first-order valence-electron chi connectivity index (χ1n) is 6.30. The number of carbonyl (C=O) groups excluding carboxylic acids is 1. The highest BCUT2D eigenvalue weighted by atomic mass is 35.5. The minimum atomic E-state index is -1.12. The van der Waals surface area contributed by atoms with Crippen molar-refractivity contribution in [2.75, 3.05) is 11.9 Å². The maximum absolute atomic E-state index is 13.5. The van der Waals surface area contributed by atoms with Gasteiger partial charge in [-0.1, -0.05) is 41.9 Å². The monoisotopic (exact) mass is 308 g/mol. The molecular weight excluding hydrogens is 295 g/mol. The predicted octanol–water partition coefficient (Wildman–Crippen LogP) is 3.33. The Morgan fingerprint density at radius 2 is 1.86 bits per heavy atom. The van der Waals surface area contributed by atoms with Gasteiger partial charge in [-0.3, -0.25) is 0 Å². The van der Waals surface area contributed by atoms with Gasteiger partial charge in [-0.05, 0) is 18.2 Å². The number of halogens is 2. The Morgan fingerprint density at radius 3 is 2.57 bits per heavy atom. The standard InChI is InChI=1S/C15H14ClFN2O2/c16-11-6-2-4-8-13(11)19-15(21)18-9-14(20)10-5-1-3-7-12(10)17/h1-8,14,20H,9H2,(H2,18,19,21)/t14-/m1/s1. The SMILES string of the molecule is O=C(NC[C@@H](O)c1ccccc1F)Nc1ccccc1Cl. The van der Waals surface area contributed by atoms with Crippen molar-refractivity contribution in [3.63, 3.8) is 0 Å². The lowest BCUT2D eigenvalue weighted by atomic mass is 10.1. The summed E-state index contributed by atoms with van der Waals surface area (Å²) in [7, 11) is 0. The molecule has 0 saturated heterocycles. The van der Waals surface area contributed by atoms with E-state index < -0.39 is 18.0 Å². The number of anilines is 1. The van der Waals surface area contributed by atoms with Crippen LogP contribution in [-0.4, -0.2) is 17.7 Å². The quantitative estimate of drug-likeness (QED) is 0.811. The maximum Gasteiger partial charge on any atom is 0.319 e. The zero-order valence-corrected chi connectivity index (χ0v) is 11.8. The average molecular weight is 309 g/mol. The molecule has 0 aromatic heterocycles. The summed E-state index contributed by atoms with van der Waals surface area (Å²) >= 11 is 5.91. The summed E-state index contributed by atoms with van der Waals surface area (Å²) in [4.78, 5) is 11.7. The van der Waals surface area contributed by atoms with Crippen LogP contribution in [0, 0.1) is 5.82 Å². The highest BCUT2D eigenvalue weighted by molar-refractivity contribution is 6.33. The van der Waals surface area contributed by atoms with Crippen LogP contribution < -0.4 is 10.6 Å². The molecule has 4 nitrogen and oxygen atoms in total. The van der Waals surface area contributed by atoms with E-state index >= 15 is 0 Å². The Balaban J connectivity index is 1.90. The number of aliphatic hydroxyl groups is 1. The number of carbonyl (C=O) groups is 1. The van der Waals surface area contributed by atoms with Crippen molar-refractivity contribution in [1.29, 1.82) is 0 Å². The number of hydrogen-bond donors (Lipinski definition) is 3. The van der Waals surface area contributed by atoms with Crippen LogP contribution in [0.4, 0.5) is 14.9 Å². The number of amides is 2. The first-order chi connectivity index (χ1) is 10.1. The summed E-state index contributed by atoms with van der Waals surface area (Å²) in [5.74, 6) is -0.515. The molecule has 0 saturated carbocycles. The van der Waals surface area contributed by atoms with Crippen molar-refractivity contribution < 1.29 is 14.3 Å². The molecule has 2 rings (SSSR count). The average Bonchev–Trinajstić information content (AvgIpc) is 2.48. The summed E-state index contributed by atoms with van der Waals surface area (Å²) in [5, 5.41) is 15.3. The van der Waals surface area contributed by atoms with Crippen LogP contribution in [0.5, 0.6) is 0 Å². The molecule has 110 valence electrons. The van der Waals surface area contributed by atoms with Gasteiger partial charge in [0.25, 0.3) is 0 Å². The lowest BCUT2D eigenvalue weighted by Crippen LogP contribution is -2.32. The highest BCUT2D eigenvalue weighted by Gasteiger charge is 2.13. The second-order valence-corrected chi connectivity index (χ2v) is 4.76. The molecule has 0 bridgehead atoms. The van der Waals surface area contributed by atoms with E-state index in [1.165, 1.54) is 18.2 Å². The largest absolute Gasteiger partial charge is 0.386 e. The van der Waals surface area contributed by atoms with Gasteiger partial charge in [0.1, 0.15) is 5.82 Å². The predicted molar refractivity (Wildman–Crippen MR) is 79.8 cm³/mol.